The van der Waals surface area contributed by atoms with Crippen LogP contribution in [0.3, 0.4) is 0 Å². The summed E-state index contributed by atoms with van der Waals surface area (Å²) in [4.78, 5) is 15.8. The van der Waals surface area contributed by atoms with Crippen molar-refractivity contribution in [3.8, 4) is 0 Å². The number of imidazole rings is 1. The monoisotopic (exact) mass is 294 g/mol. The summed E-state index contributed by atoms with van der Waals surface area (Å²) in [6.07, 6.45) is 5.31. The highest BCUT2D eigenvalue weighted by Gasteiger charge is 2.31. The largest absolute Gasteiger partial charge is 0.444 e. The molecule has 0 radical (unpaired) electrons. The van der Waals surface area contributed by atoms with E-state index in [0.717, 1.165) is 25.9 Å². The third kappa shape index (κ3) is 4.74. The molecule has 0 unspecified atom stereocenters. The van der Waals surface area contributed by atoms with Gasteiger partial charge in [0.1, 0.15) is 5.60 Å². The van der Waals surface area contributed by atoms with Crippen molar-refractivity contribution in [1.29, 1.82) is 0 Å². The van der Waals surface area contributed by atoms with Gasteiger partial charge in [-0.25, -0.2) is 9.78 Å². The maximum Gasteiger partial charge on any atom is 0.407 e. The van der Waals surface area contributed by atoms with Crippen molar-refractivity contribution < 1.29 is 9.53 Å². The van der Waals surface area contributed by atoms with Gasteiger partial charge in [-0.2, -0.15) is 0 Å². The number of ether oxygens (including phenoxy) is 1. The molecule has 1 aliphatic rings. The Hall–Kier alpha value is -1.56. The second-order valence-corrected chi connectivity index (χ2v) is 6.56. The minimum atomic E-state index is -0.440. The number of hydrogen-bond acceptors (Lipinski definition) is 4. The summed E-state index contributed by atoms with van der Waals surface area (Å²) in [6.45, 7) is 9.47. The summed E-state index contributed by atoms with van der Waals surface area (Å²) in [6, 6.07) is 0.665. The van der Waals surface area contributed by atoms with E-state index in [0.29, 0.717) is 6.04 Å². The van der Waals surface area contributed by atoms with E-state index in [4.69, 9.17) is 4.74 Å². The Labute approximate surface area is 126 Å². The molecule has 2 rings (SSSR count). The predicted octanol–water partition coefficient (Wildman–Crippen LogP) is 2.05. The van der Waals surface area contributed by atoms with Crippen LogP contribution in [0.1, 0.15) is 46.2 Å². The SMILES string of the molecule is CCn1cncc1CNC1CC(NC(=O)OC(C)(C)C)C1. The van der Waals surface area contributed by atoms with E-state index < -0.39 is 5.60 Å². The first-order valence-electron chi connectivity index (χ1n) is 7.59. The molecule has 0 saturated heterocycles. The van der Waals surface area contributed by atoms with Crippen molar-refractivity contribution in [2.45, 2.75) is 71.3 Å². The number of carbonyl (C=O) groups excluding carboxylic acids is 1. The molecule has 1 fully saturated rings. The average Bonchev–Trinajstić information content (AvgIpc) is 2.76. The number of hydrogen-bond donors (Lipinski definition) is 2. The number of carbonyl (C=O) groups is 1. The van der Waals surface area contributed by atoms with Crippen molar-refractivity contribution in [2.24, 2.45) is 0 Å². The number of rotatable bonds is 5. The van der Waals surface area contributed by atoms with Gasteiger partial charge in [0, 0.05) is 31.4 Å². The molecule has 1 heterocycles. The Balaban J connectivity index is 1.64. The van der Waals surface area contributed by atoms with Gasteiger partial charge in [-0.1, -0.05) is 0 Å². The normalized spacial score (nSPS) is 21.7. The first-order chi connectivity index (χ1) is 9.87. The summed E-state index contributed by atoms with van der Waals surface area (Å²) in [7, 11) is 0. The van der Waals surface area contributed by atoms with E-state index in [-0.39, 0.29) is 12.1 Å². The van der Waals surface area contributed by atoms with Crippen LogP contribution >= 0.6 is 0 Å². The Bertz CT molecular complexity index is 472. The fourth-order valence-electron chi connectivity index (χ4n) is 2.41. The maximum atomic E-state index is 11.6. The lowest BCUT2D eigenvalue weighted by Gasteiger charge is -2.36. The number of aromatic nitrogens is 2. The van der Waals surface area contributed by atoms with Crippen molar-refractivity contribution in [3.05, 3.63) is 18.2 Å². The molecule has 0 atom stereocenters. The molecule has 1 aromatic rings. The molecule has 0 aromatic carbocycles. The molecule has 21 heavy (non-hydrogen) atoms. The van der Waals surface area contributed by atoms with Gasteiger partial charge in [-0.05, 0) is 40.5 Å². The molecule has 1 aliphatic carbocycles. The molecule has 1 amide bonds. The zero-order chi connectivity index (χ0) is 15.5. The quantitative estimate of drug-likeness (QED) is 0.872. The highest BCUT2D eigenvalue weighted by Crippen LogP contribution is 2.21. The average molecular weight is 294 g/mol. The molecule has 1 saturated carbocycles. The molecular formula is C15H26N4O2. The standard InChI is InChI=1S/C15H26N4O2/c1-5-19-10-16-8-13(19)9-17-11-6-12(7-11)18-14(20)21-15(2,3)4/h8,10-12,17H,5-7,9H2,1-4H3,(H,18,20). The van der Waals surface area contributed by atoms with Crippen LogP contribution in [0.2, 0.25) is 0 Å². The summed E-state index contributed by atoms with van der Waals surface area (Å²) in [5, 5.41) is 6.39. The fourth-order valence-corrected chi connectivity index (χ4v) is 2.41. The molecule has 1 aromatic heterocycles. The van der Waals surface area contributed by atoms with E-state index in [2.05, 4.69) is 27.1 Å². The van der Waals surface area contributed by atoms with Crippen molar-refractivity contribution in [1.82, 2.24) is 20.2 Å². The lowest BCUT2D eigenvalue weighted by Crippen LogP contribution is -2.53. The van der Waals surface area contributed by atoms with Crippen LogP contribution < -0.4 is 10.6 Å². The van der Waals surface area contributed by atoms with Crippen LogP contribution in [0, 0.1) is 0 Å². The summed E-state index contributed by atoms with van der Waals surface area (Å²) in [5.41, 5.74) is 0.755. The fraction of sp³-hybridized carbons (Fsp3) is 0.733. The Morgan fingerprint density at radius 3 is 2.76 bits per heavy atom. The minimum absolute atomic E-state index is 0.216. The third-order valence-corrected chi connectivity index (χ3v) is 3.57. The van der Waals surface area contributed by atoms with E-state index in [1.807, 2.05) is 33.3 Å². The van der Waals surface area contributed by atoms with Crippen molar-refractivity contribution in [2.75, 3.05) is 0 Å². The molecule has 0 spiro atoms. The third-order valence-electron chi connectivity index (χ3n) is 3.57. The highest BCUT2D eigenvalue weighted by molar-refractivity contribution is 5.68. The molecule has 118 valence electrons. The Morgan fingerprint density at radius 1 is 1.43 bits per heavy atom. The topological polar surface area (TPSA) is 68.2 Å². The number of nitrogens with one attached hydrogen (secondary N) is 2. The van der Waals surface area contributed by atoms with Gasteiger partial charge in [-0.3, -0.25) is 0 Å². The van der Waals surface area contributed by atoms with Crippen LogP contribution in [-0.2, 0) is 17.8 Å². The first-order valence-corrected chi connectivity index (χ1v) is 7.59. The van der Waals surface area contributed by atoms with Gasteiger partial charge in [-0.15, -0.1) is 0 Å². The van der Waals surface area contributed by atoms with E-state index in [9.17, 15) is 4.79 Å². The number of alkyl carbamates (subject to hydrolysis) is 1. The zero-order valence-corrected chi connectivity index (χ0v) is 13.3. The number of amides is 1. The first kappa shape index (κ1) is 15.8. The maximum absolute atomic E-state index is 11.6. The van der Waals surface area contributed by atoms with Gasteiger partial charge in [0.2, 0.25) is 0 Å². The summed E-state index contributed by atoms with van der Waals surface area (Å²) < 4.78 is 7.37. The van der Waals surface area contributed by atoms with Crippen LogP contribution in [-0.4, -0.2) is 33.3 Å². The Kier molecular flexibility index (Phi) is 4.88. The molecule has 0 bridgehead atoms. The van der Waals surface area contributed by atoms with Crippen LogP contribution in [0.15, 0.2) is 12.5 Å². The zero-order valence-electron chi connectivity index (χ0n) is 13.3. The molecule has 0 aliphatic heterocycles. The molecule has 6 heteroatoms. The van der Waals surface area contributed by atoms with Crippen molar-refractivity contribution in [3.63, 3.8) is 0 Å². The Morgan fingerprint density at radius 2 is 2.14 bits per heavy atom. The van der Waals surface area contributed by atoms with E-state index >= 15 is 0 Å². The number of aryl methyl sites for hydroxylation is 1. The van der Waals surface area contributed by atoms with E-state index in [1.54, 1.807) is 0 Å². The lowest BCUT2D eigenvalue weighted by atomic mass is 9.87. The molecule has 6 nitrogen and oxygen atoms in total. The summed E-state index contributed by atoms with van der Waals surface area (Å²) >= 11 is 0. The second-order valence-electron chi connectivity index (χ2n) is 6.56. The van der Waals surface area contributed by atoms with Crippen LogP contribution in [0.4, 0.5) is 4.79 Å². The minimum Gasteiger partial charge on any atom is -0.444 e. The smallest absolute Gasteiger partial charge is 0.407 e. The van der Waals surface area contributed by atoms with Gasteiger partial charge >= 0.3 is 6.09 Å². The summed E-state index contributed by atoms with van der Waals surface area (Å²) in [5.74, 6) is 0. The van der Waals surface area contributed by atoms with Gasteiger partial charge < -0.3 is 19.9 Å². The van der Waals surface area contributed by atoms with Crippen LogP contribution in [0.5, 0.6) is 0 Å². The lowest BCUT2D eigenvalue weighted by molar-refractivity contribution is 0.0465. The second kappa shape index (κ2) is 6.47. The molecular weight excluding hydrogens is 268 g/mol. The van der Waals surface area contributed by atoms with Crippen LogP contribution in [0.25, 0.3) is 0 Å². The predicted molar refractivity (Wildman–Crippen MR) is 80.9 cm³/mol. The van der Waals surface area contributed by atoms with Gasteiger partial charge in [0.15, 0.2) is 0 Å². The highest BCUT2D eigenvalue weighted by atomic mass is 16.6. The van der Waals surface area contributed by atoms with Crippen molar-refractivity contribution >= 4 is 6.09 Å². The molecule has 2 N–H and O–H groups in total. The van der Waals surface area contributed by atoms with E-state index in [1.165, 1.54) is 5.69 Å². The van der Waals surface area contributed by atoms with Gasteiger partial charge in [0.25, 0.3) is 0 Å². The number of nitrogens with zero attached hydrogens (tertiary/aromatic N) is 2. The van der Waals surface area contributed by atoms with Gasteiger partial charge in [0.05, 0.1) is 12.0 Å².